The van der Waals surface area contributed by atoms with Crippen molar-refractivity contribution in [3.05, 3.63) is 127 Å². The molecule has 3 rings (SSSR count). The number of rotatable bonds is 21. The summed E-state index contributed by atoms with van der Waals surface area (Å²) >= 11 is 0. The molecule has 0 saturated heterocycles. The molecule has 244 valence electrons. The molecule has 8 heteroatoms. The molecule has 0 aliphatic rings. The third kappa shape index (κ3) is 13.1. The van der Waals surface area contributed by atoms with Crippen LogP contribution in [0.1, 0.15) is 48.8 Å². The number of nitrogens with one attached hydrogen (secondary N) is 1. The van der Waals surface area contributed by atoms with Gasteiger partial charge in [-0.1, -0.05) is 84.9 Å². The fourth-order valence-corrected chi connectivity index (χ4v) is 4.91. The van der Waals surface area contributed by atoms with Gasteiger partial charge < -0.3 is 24.8 Å². The lowest BCUT2D eigenvalue weighted by atomic mass is 9.98. The molecule has 2 N–H and O–H groups in total. The highest BCUT2D eigenvalue weighted by atomic mass is 16.5. The molecule has 0 saturated carbocycles. The first-order valence-corrected chi connectivity index (χ1v) is 15.8. The number of esters is 1. The summed E-state index contributed by atoms with van der Waals surface area (Å²) in [6.07, 6.45) is 5.63. The van der Waals surface area contributed by atoms with Gasteiger partial charge in [0.25, 0.3) is 0 Å². The number of aliphatic hydroxyl groups excluding tert-OH is 1. The number of nitrogens with zero attached hydrogens (tertiary/aromatic N) is 1. The second-order valence-electron chi connectivity index (χ2n) is 11.1. The molecule has 0 fully saturated rings. The highest BCUT2D eigenvalue weighted by molar-refractivity contribution is 5.86. The van der Waals surface area contributed by atoms with Gasteiger partial charge in [0.2, 0.25) is 11.8 Å². The summed E-state index contributed by atoms with van der Waals surface area (Å²) in [5.74, 6) is -0.872. The largest absolute Gasteiger partial charge is 0.489 e. The smallest absolute Gasteiger partial charge is 0.305 e. The summed E-state index contributed by atoms with van der Waals surface area (Å²) in [7, 11) is 0. The number of carbonyl (C=O) groups is 3. The van der Waals surface area contributed by atoms with Crippen molar-refractivity contribution in [2.45, 2.75) is 57.7 Å². The highest BCUT2D eigenvalue weighted by Crippen LogP contribution is 2.18. The van der Waals surface area contributed by atoms with Crippen molar-refractivity contribution in [1.29, 1.82) is 0 Å². The molecule has 2 unspecified atom stereocenters. The van der Waals surface area contributed by atoms with Crippen LogP contribution in [0.2, 0.25) is 0 Å². The maximum Gasteiger partial charge on any atom is 0.305 e. The standard InChI is InChI=1S/C38H46N2O6/c1-3-5-8-18-37(43)46-29-34(25-30-19-21-35(22-20-30)45-28-32-16-11-7-12-17-32)39-38(44)33(13-4-2)26-36(42)40(23-24-41)27-31-14-9-6-10-15-31/h3-4,6-7,9-12,14-17,19-22,33-34,41H,1-2,5,8,13,18,23-29H2,(H,39,44). The van der Waals surface area contributed by atoms with E-state index < -0.39 is 12.0 Å². The second-order valence-corrected chi connectivity index (χ2v) is 11.1. The zero-order valence-corrected chi connectivity index (χ0v) is 26.5. The lowest BCUT2D eigenvalue weighted by Crippen LogP contribution is -2.44. The number of hydrogen-bond acceptors (Lipinski definition) is 6. The van der Waals surface area contributed by atoms with E-state index in [1.165, 1.54) is 0 Å². The first-order valence-electron chi connectivity index (χ1n) is 15.8. The van der Waals surface area contributed by atoms with Crippen LogP contribution < -0.4 is 10.1 Å². The molecular formula is C38H46N2O6. The minimum Gasteiger partial charge on any atom is -0.489 e. The monoisotopic (exact) mass is 626 g/mol. The molecule has 0 aliphatic carbocycles. The maximum atomic E-state index is 13.6. The van der Waals surface area contributed by atoms with Crippen molar-refractivity contribution in [3.63, 3.8) is 0 Å². The Morgan fingerprint density at radius 3 is 2.17 bits per heavy atom. The van der Waals surface area contributed by atoms with E-state index in [4.69, 9.17) is 9.47 Å². The van der Waals surface area contributed by atoms with Crippen molar-refractivity contribution in [2.75, 3.05) is 19.8 Å². The average Bonchev–Trinajstić information content (AvgIpc) is 3.07. The molecule has 3 aromatic rings. The summed E-state index contributed by atoms with van der Waals surface area (Å²) in [5.41, 5.74) is 2.92. The van der Waals surface area contributed by atoms with Crippen molar-refractivity contribution >= 4 is 17.8 Å². The third-order valence-electron chi connectivity index (χ3n) is 7.42. The van der Waals surface area contributed by atoms with Crippen molar-refractivity contribution < 1.29 is 29.0 Å². The van der Waals surface area contributed by atoms with Gasteiger partial charge in [-0.3, -0.25) is 14.4 Å². The number of aliphatic hydroxyl groups is 1. The average molecular weight is 627 g/mol. The van der Waals surface area contributed by atoms with Crippen molar-refractivity contribution in [2.24, 2.45) is 5.92 Å². The predicted molar refractivity (Wildman–Crippen MR) is 180 cm³/mol. The van der Waals surface area contributed by atoms with Crippen LogP contribution in [0.3, 0.4) is 0 Å². The van der Waals surface area contributed by atoms with Crippen LogP contribution in [0.4, 0.5) is 0 Å². The first-order chi connectivity index (χ1) is 22.4. The molecule has 2 atom stereocenters. The van der Waals surface area contributed by atoms with Gasteiger partial charge in [-0.25, -0.2) is 0 Å². The third-order valence-corrected chi connectivity index (χ3v) is 7.42. The van der Waals surface area contributed by atoms with Crippen LogP contribution in [0.25, 0.3) is 0 Å². The summed E-state index contributed by atoms with van der Waals surface area (Å²) in [5, 5.41) is 12.6. The van der Waals surface area contributed by atoms with E-state index in [2.05, 4.69) is 18.5 Å². The van der Waals surface area contributed by atoms with Crippen LogP contribution in [0.15, 0.2) is 110 Å². The molecule has 0 spiro atoms. The van der Waals surface area contributed by atoms with Gasteiger partial charge in [-0.15, -0.1) is 13.2 Å². The Morgan fingerprint density at radius 1 is 0.870 bits per heavy atom. The Bertz CT molecular complexity index is 1360. The second kappa shape index (κ2) is 20.4. The molecular weight excluding hydrogens is 580 g/mol. The lowest BCUT2D eigenvalue weighted by molar-refractivity contribution is -0.145. The molecule has 0 aromatic heterocycles. The van der Waals surface area contributed by atoms with E-state index in [1.807, 2.05) is 84.9 Å². The van der Waals surface area contributed by atoms with Crippen LogP contribution in [-0.2, 0) is 38.7 Å². The van der Waals surface area contributed by atoms with E-state index in [1.54, 1.807) is 17.1 Å². The number of allylic oxidation sites excluding steroid dienone is 2. The first kappa shape index (κ1) is 35.8. The van der Waals surface area contributed by atoms with Crippen LogP contribution in [0.5, 0.6) is 5.75 Å². The Morgan fingerprint density at radius 2 is 1.54 bits per heavy atom. The lowest BCUT2D eigenvalue weighted by Gasteiger charge is -2.26. The van der Waals surface area contributed by atoms with Crippen LogP contribution >= 0.6 is 0 Å². The normalized spacial score (nSPS) is 11.9. The summed E-state index contributed by atoms with van der Waals surface area (Å²) in [4.78, 5) is 40.9. The van der Waals surface area contributed by atoms with E-state index in [0.29, 0.717) is 38.2 Å². The number of hydrogen-bond donors (Lipinski definition) is 2. The molecule has 0 heterocycles. The van der Waals surface area contributed by atoms with Crippen molar-refractivity contribution in [3.8, 4) is 5.75 Å². The molecule has 3 aromatic carbocycles. The number of benzene rings is 3. The molecule has 0 radical (unpaired) electrons. The van der Waals surface area contributed by atoms with Crippen molar-refractivity contribution in [1.82, 2.24) is 10.2 Å². The van der Waals surface area contributed by atoms with Crippen LogP contribution in [0, 0.1) is 5.92 Å². The maximum absolute atomic E-state index is 13.6. The molecule has 0 bridgehead atoms. The number of carbonyl (C=O) groups excluding carboxylic acids is 3. The Kier molecular flexibility index (Phi) is 15.8. The minimum atomic E-state index is -0.679. The van der Waals surface area contributed by atoms with Gasteiger partial charge in [-0.2, -0.15) is 0 Å². The van der Waals surface area contributed by atoms with Crippen LogP contribution in [-0.4, -0.2) is 53.6 Å². The van der Waals surface area contributed by atoms with Gasteiger partial charge in [-0.05, 0) is 54.5 Å². The van der Waals surface area contributed by atoms with Gasteiger partial charge in [0.15, 0.2) is 0 Å². The van der Waals surface area contributed by atoms with E-state index >= 15 is 0 Å². The predicted octanol–water partition coefficient (Wildman–Crippen LogP) is 5.80. The van der Waals surface area contributed by atoms with Gasteiger partial charge in [0, 0.05) is 25.9 Å². The Balaban J connectivity index is 1.67. The summed E-state index contributed by atoms with van der Waals surface area (Å²) in [6.45, 7) is 8.22. The molecule has 8 nitrogen and oxygen atoms in total. The minimum absolute atomic E-state index is 0.00960. The number of unbranched alkanes of at least 4 members (excludes halogenated alkanes) is 1. The molecule has 46 heavy (non-hydrogen) atoms. The van der Waals surface area contributed by atoms with Gasteiger partial charge >= 0.3 is 5.97 Å². The van der Waals surface area contributed by atoms with E-state index in [0.717, 1.165) is 16.7 Å². The molecule has 0 aliphatic heterocycles. The topological polar surface area (TPSA) is 105 Å². The Labute approximate surface area is 272 Å². The number of ether oxygens (including phenoxy) is 2. The fraction of sp³-hybridized carbons (Fsp3) is 0.342. The van der Waals surface area contributed by atoms with E-state index in [-0.39, 0.29) is 56.8 Å². The Hall–Kier alpha value is -4.69. The quantitative estimate of drug-likeness (QED) is 0.0881. The molecule has 2 amide bonds. The zero-order chi connectivity index (χ0) is 33.0. The summed E-state index contributed by atoms with van der Waals surface area (Å²) < 4.78 is 11.5. The highest BCUT2D eigenvalue weighted by Gasteiger charge is 2.26. The fourth-order valence-electron chi connectivity index (χ4n) is 4.91. The van der Waals surface area contributed by atoms with Gasteiger partial charge in [0.1, 0.15) is 19.0 Å². The zero-order valence-electron chi connectivity index (χ0n) is 26.5. The summed E-state index contributed by atoms with van der Waals surface area (Å²) in [6, 6.07) is 26.5. The SMILES string of the molecule is C=CCCCC(=O)OCC(Cc1ccc(OCc2ccccc2)cc1)NC(=O)C(CC=C)CC(=O)N(CCO)Cc1ccccc1. The number of amides is 2. The van der Waals surface area contributed by atoms with Gasteiger partial charge in [0.05, 0.1) is 18.6 Å². The van der Waals surface area contributed by atoms with E-state index in [9.17, 15) is 19.5 Å².